The summed E-state index contributed by atoms with van der Waals surface area (Å²) in [7, 11) is 0. The number of hydrogen-bond acceptors (Lipinski definition) is 0. The van der Waals surface area contributed by atoms with Gasteiger partial charge in [0.2, 0.25) is 0 Å². The molecular formula is C24AlF20K. The van der Waals surface area contributed by atoms with Crippen LogP contribution in [0.2, 0.25) is 0 Å². The van der Waals surface area contributed by atoms with E-state index in [1.54, 1.807) is 0 Å². The van der Waals surface area contributed by atoms with Crippen LogP contribution in [-0.4, -0.2) is 13.1 Å². The zero-order chi connectivity index (χ0) is 34.4. The molecule has 4 rings (SSSR count). The number of benzene rings is 4. The Labute approximate surface area is 284 Å². The van der Waals surface area contributed by atoms with Crippen molar-refractivity contribution < 1.29 is 139 Å². The molecule has 0 aromatic heterocycles. The first-order chi connectivity index (χ1) is 20.7. The molecule has 0 aliphatic rings. The van der Waals surface area contributed by atoms with Gasteiger partial charge < -0.3 is 0 Å². The third-order valence-corrected chi connectivity index (χ3v) is 12.2. The van der Waals surface area contributed by atoms with Gasteiger partial charge in [0.15, 0.2) is 69.8 Å². The molecule has 0 nitrogen and oxygen atoms in total. The third kappa shape index (κ3) is 4.97. The first kappa shape index (κ1) is 38.1. The summed E-state index contributed by atoms with van der Waals surface area (Å²) in [6, 6.07) is 0. The fraction of sp³-hybridized carbons (Fsp3) is 0. The smallest absolute Gasteiger partial charge is 0.208 e. The van der Waals surface area contributed by atoms with Crippen LogP contribution < -0.4 is 69.1 Å². The average Bonchev–Trinajstić information content (AvgIpc) is 3.00. The fourth-order valence-corrected chi connectivity index (χ4v) is 10.7. The fourth-order valence-electron chi connectivity index (χ4n) is 4.87. The Bertz CT molecular complexity index is 1580. The maximum absolute atomic E-state index is 15.4. The second-order valence-electron chi connectivity index (χ2n) is 8.80. The molecule has 4 aromatic rings. The molecule has 0 heterocycles. The minimum atomic E-state index is -9.08. The van der Waals surface area contributed by atoms with E-state index in [4.69, 9.17) is 0 Å². The predicted octanol–water partition coefficient (Wildman–Crippen LogP) is 2.85. The molecule has 0 atom stereocenters. The van der Waals surface area contributed by atoms with Crippen molar-refractivity contribution in [3.8, 4) is 0 Å². The molecule has 0 saturated carbocycles. The molecule has 0 spiro atoms. The second kappa shape index (κ2) is 12.9. The maximum Gasteiger partial charge on any atom is 1.00 e. The molecule has 0 aliphatic carbocycles. The van der Waals surface area contributed by atoms with Crippen molar-refractivity contribution in [2.45, 2.75) is 0 Å². The molecule has 4 aromatic carbocycles. The molecule has 46 heavy (non-hydrogen) atoms. The van der Waals surface area contributed by atoms with E-state index >= 15 is 35.1 Å². The van der Waals surface area contributed by atoms with E-state index < -0.39 is 147 Å². The Morgan fingerprint density at radius 3 is 0.370 bits per heavy atom. The molecular weight excluding hydrogens is 734 g/mol. The largest absolute Gasteiger partial charge is 1.00 e. The molecule has 0 fully saturated rings. The van der Waals surface area contributed by atoms with E-state index in [1.807, 2.05) is 0 Å². The van der Waals surface area contributed by atoms with Crippen molar-refractivity contribution in [2.24, 2.45) is 0 Å². The molecule has 0 aliphatic heterocycles. The van der Waals surface area contributed by atoms with Gasteiger partial charge in [-0.15, -0.1) is 17.7 Å². The van der Waals surface area contributed by atoms with E-state index in [0.29, 0.717) is 0 Å². The van der Waals surface area contributed by atoms with Crippen LogP contribution in [0.25, 0.3) is 0 Å². The molecule has 240 valence electrons. The van der Waals surface area contributed by atoms with Gasteiger partial charge in [-0.2, -0.15) is 0 Å². The standard InChI is InChI=1S/4C6F5.Al.K/c4*7-2-1-3(8)5(10)6(11)4(2)9;;/q;;;;-1;+1. The summed E-state index contributed by atoms with van der Waals surface area (Å²) in [6.07, 6.45) is 0. The van der Waals surface area contributed by atoms with Gasteiger partial charge in [-0.3, -0.25) is 0 Å². The van der Waals surface area contributed by atoms with Crippen LogP contribution in [0.1, 0.15) is 0 Å². The van der Waals surface area contributed by atoms with Crippen molar-refractivity contribution in [1.29, 1.82) is 0 Å². The summed E-state index contributed by atoms with van der Waals surface area (Å²) < 4.78 is 280. The first-order valence-electron chi connectivity index (χ1n) is 10.9. The molecule has 0 radical (unpaired) electrons. The quantitative estimate of drug-likeness (QED) is 0.131. The van der Waals surface area contributed by atoms with Crippen LogP contribution in [0.5, 0.6) is 0 Å². The Morgan fingerprint density at radius 1 is 0.174 bits per heavy atom. The molecule has 0 unspecified atom stereocenters. The number of halogens is 20. The van der Waals surface area contributed by atoms with Gasteiger partial charge >= 0.3 is 64.5 Å². The Morgan fingerprint density at radius 2 is 0.261 bits per heavy atom. The van der Waals surface area contributed by atoms with Crippen molar-refractivity contribution >= 4 is 30.8 Å². The zero-order valence-electron chi connectivity index (χ0n) is 21.1. The van der Waals surface area contributed by atoms with Crippen LogP contribution in [0.15, 0.2) is 0 Å². The topological polar surface area (TPSA) is 0 Å². The summed E-state index contributed by atoms with van der Waals surface area (Å²) >= 11 is -9.08. The summed E-state index contributed by atoms with van der Waals surface area (Å²) in [5.74, 6) is -70.8. The summed E-state index contributed by atoms with van der Waals surface area (Å²) in [4.78, 5) is 0. The van der Waals surface area contributed by atoms with Crippen molar-refractivity contribution in [2.75, 3.05) is 0 Å². The van der Waals surface area contributed by atoms with Gasteiger partial charge in [0.1, 0.15) is 46.5 Å². The molecule has 0 bridgehead atoms. The van der Waals surface area contributed by atoms with Crippen LogP contribution >= 0.6 is 0 Å². The summed E-state index contributed by atoms with van der Waals surface area (Å²) in [6.45, 7) is 0. The third-order valence-electron chi connectivity index (χ3n) is 6.71. The van der Waals surface area contributed by atoms with E-state index in [1.165, 1.54) is 0 Å². The zero-order valence-corrected chi connectivity index (χ0v) is 25.4. The van der Waals surface area contributed by atoms with Gasteiger partial charge in [0.05, 0.1) is 0 Å². The maximum atomic E-state index is 15.4. The van der Waals surface area contributed by atoms with Crippen LogP contribution in [0, 0.1) is 116 Å². The minimum Gasteiger partial charge on any atom is -0.208 e. The number of hydrogen-bond donors (Lipinski definition) is 0. The Hall–Kier alpha value is -2.35. The predicted molar refractivity (Wildman–Crippen MR) is 109 cm³/mol. The first-order valence-corrected chi connectivity index (χ1v) is 13.2. The number of rotatable bonds is 4. The molecule has 22 heteroatoms. The Balaban J connectivity index is 0.00000576. The molecule has 0 amide bonds. The van der Waals surface area contributed by atoms with Gasteiger partial charge in [0.25, 0.3) is 0 Å². The van der Waals surface area contributed by atoms with Crippen LogP contribution in [-0.2, 0) is 0 Å². The van der Waals surface area contributed by atoms with Gasteiger partial charge in [-0.05, 0) is 0 Å². The van der Waals surface area contributed by atoms with Gasteiger partial charge in [-0.25, -0.2) is 87.8 Å². The second-order valence-corrected chi connectivity index (χ2v) is 12.8. The van der Waals surface area contributed by atoms with E-state index in [0.717, 1.165) is 0 Å². The van der Waals surface area contributed by atoms with Crippen LogP contribution in [0.3, 0.4) is 0 Å². The summed E-state index contributed by atoms with van der Waals surface area (Å²) in [5, 5.41) is 0. The van der Waals surface area contributed by atoms with Gasteiger partial charge in [-0.1, -0.05) is 0 Å². The van der Waals surface area contributed by atoms with E-state index in [9.17, 15) is 52.7 Å². The van der Waals surface area contributed by atoms with E-state index in [-0.39, 0.29) is 51.4 Å². The normalized spacial score (nSPS) is 11.7. The van der Waals surface area contributed by atoms with Crippen LogP contribution in [0.4, 0.5) is 87.8 Å². The van der Waals surface area contributed by atoms with Crippen molar-refractivity contribution in [1.82, 2.24) is 0 Å². The minimum absolute atomic E-state index is 0. The summed E-state index contributed by atoms with van der Waals surface area (Å²) in [5.41, 5.74) is 0. The average molecular weight is 734 g/mol. The molecule has 0 saturated heterocycles. The Kier molecular flexibility index (Phi) is 10.7. The van der Waals surface area contributed by atoms with Crippen molar-refractivity contribution in [3.05, 3.63) is 116 Å². The molecule has 0 N–H and O–H groups in total. The SMILES string of the molecule is Fc1c(F)c(F)[c]([Al-]([c]2c(F)c(F)c(F)c(F)c2F)([c]2c(F)c(F)c(F)c(F)c2F)[c]2c(F)c(F)c(F)c(F)c2F)c(F)c1F.[K+]. The van der Waals surface area contributed by atoms with E-state index in [2.05, 4.69) is 0 Å². The monoisotopic (exact) mass is 734 g/mol. The van der Waals surface area contributed by atoms with Crippen molar-refractivity contribution in [3.63, 3.8) is 0 Å². The van der Waals surface area contributed by atoms with Gasteiger partial charge in [0, 0.05) is 0 Å².